The van der Waals surface area contributed by atoms with Crippen LogP contribution in [0.5, 0.6) is 0 Å². The van der Waals surface area contributed by atoms with E-state index in [2.05, 4.69) is 27.5 Å². The minimum Gasteiger partial charge on any atom is -0.393 e. The zero-order valence-electron chi connectivity index (χ0n) is 17.1. The van der Waals surface area contributed by atoms with E-state index < -0.39 is 0 Å². The van der Waals surface area contributed by atoms with Crippen molar-refractivity contribution < 1.29 is 9.50 Å². The van der Waals surface area contributed by atoms with Crippen LogP contribution >= 0.6 is 11.3 Å². The van der Waals surface area contributed by atoms with E-state index in [4.69, 9.17) is 0 Å². The lowest BCUT2D eigenvalue weighted by Crippen LogP contribution is -2.36. The number of nitrogens with zero attached hydrogens (tertiary/aromatic N) is 3. The minimum absolute atomic E-state index is 0.234. The third-order valence-electron chi connectivity index (χ3n) is 4.94. The molecule has 1 aromatic heterocycles. The van der Waals surface area contributed by atoms with Gasteiger partial charge in [0.05, 0.1) is 24.9 Å². The monoisotopic (exact) mass is 419 g/mol. The second-order valence-electron chi connectivity index (χ2n) is 7.13. The van der Waals surface area contributed by atoms with Crippen molar-refractivity contribution in [2.24, 2.45) is 4.99 Å². The maximum Gasteiger partial charge on any atom is 0.191 e. The zero-order valence-corrected chi connectivity index (χ0v) is 17.9. The Labute approximate surface area is 175 Å². The van der Waals surface area contributed by atoms with E-state index in [0.29, 0.717) is 50.7 Å². The largest absolute Gasteiger partial charge is 0.393 e. The fraction of sp³-hybridized carbons (Fsp3) is 0.524. The molecule has 1 aromatic carbocycles. The second-order valence-corrected chi connectivity index (χ2v) is 8.33. The summed E-state index contributed by atoms with van der Waals surface area (Å²) in [6.07, 6.45) is 4.01. The number of aromatic nitrogens is 1. The van der Waals surface area contributed by atoms with Gasteiger partial charge in [0.25, 0.3) is 0 Å². The van der Waals surface area contributed by atoms with Crippen LogP contribution in [0.15, 0.2) is 29.4 Å². The summed E-state index contributed by atoms with van der Waals surface area (Å²) in [7, 11) is 0. The lowest BCUT2D eigenvalue weighted by molar-refractivity contribution is 0.145. The Morgan fingerprint density at radius 3 is 2.76 bits per heavy atom. The van der Waals surface area contributed by atoms with Crippen LogP contribution in [0.3, 0.4) is 0 Å². The molecule has 0 aliphatic carbocycles. The summed E-state index contributed by atoms with van der Waals surface area (Å²) < 4.78 is 14.6. The van der Waals surface area contributed by atoms with Gasteiger partial charge in [0.15, 0.2) is 5.96 Å². The molecule has 0 atom stereocenters. The molecule has 0 saturated carbocycles. The average Bonchev–Trinajstić information content (AvgIpc) is 3.19. The van der Waals surface area contributed by atoms with Gasteiger partial charge >= 0.3 is 0 Å². The van der Waals surface area contributed by atoms with E-state index in [9.17, 15) is 9.50 Å². The van der Waals surface area contributed by atoms with Gasteiger partial charge in [-0.15, -0.1) is 11.3 Å². The number of aliphatic imine (C=N–C) groups is 1. The normalized spacial score (nSPS) is 15.6. The van der Waals surface area contributed by atoms with Crippen molar-refractivity contribution >= 4 is 23.0 Å². The summed E-state index contributed by atoms with van der Waals surface area (Å²) >= 11 is 1.70. The van der Waals surface area contributed by atoms with Crippen LogP contribution in [0.4, 0.5) is 10.1 Å². The summed E-state index contributed by atoms with van der Waals surface area (Å²) in [5.41, 5.74) is 1.42. The highest BCUT2D eigenvalue weighted by Crippen LogP contribution is 2.24. The van der Waals surface area contributed by atoms with Crippen molar-refractivity contribution in [3.8, 4) is 0 Å². The molecule has 6 nitrogen and oxygen atoms in total. The molecule has 2 aromatic rings. The van der Waals surface area contributed by atoms with E-state index in [1.165, 1.54) is 4.88 Å². The molecule has 2 heterocycles. The Hall–Kier alpha value is -2.19. The van der Waals surface area contributed by atoms with Crippen molar-refractivity contribution in [1.82, 2.24) is 15.6 Å². The lowest BCUT2D eigenvalue weighted by atomic mass is 10.1. The molecule has 8 heteroatoms. The molecule has 0 unspecified atom stereocenters. The number of anilines is 1. The number of hydrogen-bond acceptors (Lipinski definition) is 5. The van der Waals surface area contributed by atoms with Crippen LogP contribution < -0.4 is 15.5 Å². The molecular formula is C21H30FN5OS. The number of aliphatic hydroxyl groups is 1. The van der Waals surface area contributed by atoms with Gasteiger partial charge in [0.1, 0.15) is 10.8 Å². The number of thiazole rings is 1. The lowest BCUT2D eigenvalue weighted by Gasteiger charge is -2.31. The first-order valence-electron chi connectivity index (χ1n) is 10.3. The molecule has 1 saturated heterocycles. The third kappa shape index (κ3) is 6.14. The van der Waals surface area contributed by atoms with Crippen molar-refractivity contribution in [3.05, 3.63) is 45.7 Å². The smallest absolute Gasteiger partial charge is 0.191 e. The SMILES string of the molecule is CCNC(=NCc1ccc(N2CCC(O)CC2)c(F)c1)NCc1ncc(CC)s1. The number of nitrogens with one attached hydrogen (secondary N) is 2. The first kappa shape index (κ1) is 21.5. The number of piperidine rings is 1. The Balaban J connectivity index is 1.60. The number of aryl methyl sites for hydroxylation is 1. The molecule has 0 spiro atoms. The van der Waals surface area contributed by atoms with Crippen LogP contribution in [0.2, 0.25) is 0 Å². The fourth-order valence-electron chi connectivity index (χ4n) is 3.28. The highest BCUT2D eigenvalue weighted by Gasteiger charge is 2.19. The van der Waals surface area contributed by atoms with Crippen molar-refractivity contribution in [3.63, 3.8) is 0 Å². The number of halogens is 1. The Kier molecular flexibility index (Phi) is 7.83. The van der Waals surface area contributed by atoms with Crippen LogP contribution in [-0.2, 0) is 19.5 Å². The highest BCUT2D eigenvalue weighted by molar-refractivity contribution is 7.11. The van der Waals surface area contributed by atoms with Gasteiger partial charge in [-0.1, -0.05) is 13.0 Å². The maximum atomic E-state index is 14.6. The molecular weight excluding hydrogens is 389 g/mol. The van der Waals surface area contributed by atoms with Gasteiger partial charge in [0, 0.05) is 30.7 Å². The number of hydrogen-bond donors (Lipinski definition) is 3. The Morgan fingerprint density at radius 2 is 2.10 bits per heavy atom. The standard InChI is InChI=1S/C21H30FN5OS/c1-3-17-13-24-20(29-17)14-26-21(23-4-2)25-12-15-5-6-19(18(22)11-15)27-9-7-16(28)8-10-27/h5-6,11,13,16,28H,3-4,7-10,12,14H2,1-2H3,(H2,23,25,26). The van der Waals surface area contributed by atoms with Crippen LogP contribution in [-0.4, -0.2) is 41.8 Å². The van der Waals surface area contributed by atoms with Crippen LogP contribution in [0.1, 0.15) is 42.1 Å². The zero-order chi connectivity index (χ0) is 20.6. The molecule has 0 amide bonds. The average molecular weight is 420 g/mol. The third-order valence-corrected chi connectivity index (χ3v) is 6.08. The van der Waals surface area contributed by atoms with Gasteiger partial charge in [-0.3, -0.25) is 0 Å². The van der Waals surface area contributed by atoms with Gasteiger partial charge in [-0.2, -0.15) is 0 Å². The van der Waals surface area contributed by atoms with Crippen molar-refractivity contribution in [1.29, 1.82) is 0 Å². The highest BCUT2D eigenvalue weighted by atomic mass is 32.1. The molecule has 3 rings (SSSR count). The number of aliphatic hydroxyl groups excluding tert-OH is 1. The van der Waals surface area contributed by atoms with E-state index in [-0.39, 0.29) is 11.9 Å². The summed E-state index contributed by atoms with van der Waals surface area (Å²) in [5, 5.41) is 17.2. The molecule has 0 bridgehead atoms. The van der Waals surface area contributed by atoms with Crippen LogP contribution in [0.25, 0.3) is 0 Å². The van der Waals surface area contributed by atoms with E-state index in [0.717, 1.165) is 23.5 Å². The molecule has 3 N–H and O–H groups in total. The number of benzene rings is 1. The fourth-order valence-corrected chi connectivity index (χ4v) is 4.08. The first-order valence-corrected chi connectivity index (χ1v) is 11.1. The summed E-state index contributed by atoms with van der Waals surface area (Å²) in [6, 6.07) is 5.30. The van der Waals surface area contributed by atoms with Crippen LogP contribution in [0, 0.1) is 5.82 Å². The van der Waals surface area contributed by atoms with E-state index >= 15 is 0 Å². The summed E-state index contributed by atoms with van der Waals surface area (Å²) in [6.45, 7) is 7.25. The molecule has 1 aliphatic rings. The molecule has 0 radical (unpaired) electrons. The van der Waals surface area contributed by atoms with Gasteiger partial charge in [0.2, 0.25) is 0 Å². The summed E-state index contributed by atoms with van der Waals surface area (Å²) in [4.78, 5) is 12.3. The topological polar surface area (TPSA) is 72.8 Å². The molecule has 29 heavy (non-hydrogen) atoms. The first-order chi connectivity index (χ1) is 14.1. The molecule has 1 fully saturated rings. The minimum atomic E-state index is -0.266. The quantitative estimate of drug-likeness (QED) is 0.475. The summed E-state index contributed by atoms with van der Waals surface area (Å²) in [5.74, 6) is 0.456. The predicted octanol–water partition coefficient (Wildman–Crippen LogP) is 3.06. The maximum absolute atomic E-state index is 14.6. The molecule has 1 aliphatic heterocycles. The van der Waals surface area contributed by atoms with Gasteiger partial charge < -0.3 is 20.6 Å². The van der Waals surface area contributed by atoms with E-state index in [1.54, 1.807) is 17.4 Å². The van der Waals surface area contributed by atoms with Crippen molar-refractivity contribution in [2.75, 3.05) is 24.5 Å². The second kappa shape index (κ2) is 10.5. The predicted molar refractivity (Wildman–Crippen MR) is 117 cm³/mol. The van der Waals surface area contributed by atoms with Crippen molar-refractivity contribution in [2.45, 2.75) is 52.3 Å². The van der Waals surface area contributed by atoms with Gasteiger partial charge in [-0.25, -0.2) is 14.4 Å². The molecule has 158 valence electrons. The number of rotatable bonds is 7. The number of guanidine groups is 1. The Morgan fingerprint density at radius 1 is 1.31 bits per heavy atom. The van der Waals surface area contributed by atoms with Gasteiger partial charge in [-0.05, 0) is 43.9 Å². The Bertz CT molecular complexity index is 817. The van der Waals surface area contributed by atoms with E-state index in [1.807, 2.05) is 30.2 Å².